The molecule has 5 nitrogen and oxygen atoms in total. The molecule has 5 heteroatoms. The number of piperazine rings is 1. The van der Waals surface area contributed by atoms with Crippen molar-refractivity contribution in [2.45, 2.75) is 24.5 Å². The Bertz CT molecular complexity index is 421. The maximum absolute atomic E-state index is 6.06. The summed E-state index contributed by atoms with van der Waals surface area (Å²) in [6.07, 6.45) is 5.24. The zero-order valence-corrected chi connectivity index (χ0v) is 10.4. The summed E-state index contributed by atoms with van der Waals surface area (Å²) in [7, 11) is 0. The number of fused-ring (bicyclic) bond motifs is 1. The first-order valence-electron chi connectivity index (χ1n) is 6.70. The van der Waals surface area contributed by atoms with Crippen LogP contribution in [0.4, 0.5) is 0 Å². The summed E-state index contributed by atoms with van der Waals surface area (Å²) in [5, 5.41) is 3.04. The van der Waals surface area contributed by atoms with Gasteiger partial charge in [-0.05, 0) is 12.5 Å². The van der Waals surface area contributed by atoms with Crippen LogP contribution in [0, 0.1) is 6.54 Å². The fourth-order valence-corrected chi connectivity index (χ4v) is 3.28. The van der Waals surface area contributed by atoms with Gasteiger partial charge < -0.3 is 20.7 Å². The van der Waals surface area contributed by atoms with Gasteiger partial charge >= 0.3 is 0 Å². The standard InChI is InChI=1S/C13H19N4O.H2/c14-10-6-15-2-1-11(10)17-4-3-16(9-7-18-8-9)12-5-13(12)17;/h1-2,6,9,12-13,15H,3-5,7-8,14H2;1H. The predicted octanol–water partition coefficient (Wildman–Crippen LogP) is -0.161. The van der Waals surface area contributed by atoms with Gasteiger partial charge in [0, 0.05) is 32.8 Å². The van der Waals surface area contributed by atoms with Gasteiger partial charge in [0.2, 0.25) is 0 Å². The number of hydrogen-bond acceptors (Lipinski definition) is 5. The number of nitrogens with zero attached hydrogens (tertiary/aromatic N) is 2. The van der Waals surface area contributed by atoms with E-state index >= 15 is 0 Å². The summed E-state index contributed by atoms with van der Waals surface area (Å²) in [5.41, 5.74) is 8.09. The van der Waals surface area contributed by atoms with Crippen molar-refractivity contribution >= 4 is 0 Å². The third-order valence-corrected chi connectivity index (χ3v) is 4.42. The first-order chi connectivity index (χ1) is 8.84. The largest absolute Gasteiger partial charge is 0.396 e. The van der Waals surface area contributed by atoms with Gasteiger partial charge in [-0.15, -0.1) is 0 Å². The molecular formula is C13H21N4O. The minimum Gasteiger partial charge on any atom is -0.396 e. The zero-order chi connectivity index (χ0) is 12.1. The van der Waals surface area contributed by atoms with Crippen LogP contribution in [0.25, 0.3) is 0 Å². The lowest BCUT2D eigenvalue weighted by Crippen LogP contribution is -2.56. The summed E-state index contributed by atoms with van der Waals surface area (Å²) in [6.45, 7) is 6.01. The molecule has 1 radical (unpaired) electrons. The zero-order valence-electron chi connectivity index (χ0n) is 10.4. The van der Waals surface area contributed by atoms with Crippen molar-refractivity contribution in [2.24, 2.45) is 5.73 Å². The van der Waals surface area contributed by atoms with Gasteiger partial charge in [0.1, 0.15) is 0 Å². The smallest absolute Gasteiger partial charge is 0.0709 e. The van der Waals surface area contributed by atoms with E-state index < -0.39 is 0 Å². The molecule has 4 aliphatic rings. The SMILES string of the molecule is NC1=CN[CH]C=C1N1CCN(C2COC2)C2CC21.[HH]. The second-order valence-electron chi connectivity index (χ2n) is 5.48. The predicted molar refractivity (Wildman–Crippen MR) is 70.1 cm³/mol. The van der Waals surface area contributed by atoms with E-state index in [0.717, 1.165) is 38.0 Å². The lowest BCUT2D eigenvalue weighted by atomic mass is 10.1. The van der Waals surface area contributed by atoms with Gasteiger partial charge in [-0.1, -0.05) is 0 Å². The number of nitrogens with two attached hydrogens (primary N) is 1. The third kappa shape index (κ3) is 1.54. The molecule has 0 aromatic heterocycles. The van der Waals surface area contributed by atoms with Crippen LogP contribution in [0.2, 0.25) is 0 Å². The number of hydrogen-bond donors (Lipinski definition) is 2. The highest BCUT2D eigenvalue weighted by Gasteiger charge is 2.52. The minimum absolute atomic E-state index is 0. The molecule has 2 saturated heterocycles. The Morgan fingerprint density at radius 2 is 2.22 bits per heavy atom. The summed E-state index contributed by atoms with van der Waals surface area (Å²) in [5.74, 6) is 0. The molecule has 0 spiro atoms. The molecule has 0 aromatic rings. The van der Waals surface area contributed by atoms with E-state index in [2.05, 4.69) is 21.2 Å². The molecule has 0 bridgehead atoms. The fourth-order valence-electron chi connectivity index (χ4n) is 3.28. The first kappa shape index (κ1) is 10.7. The van der Waals surface area contributed by atoms with Gasteiger partial charge in [0.25, 0.3) is 0 Å². The van der Waals surface area contributed by atoms with E-state index in [4.69, 9.17) is 10.5 Å². The highest BCUT2D eigenvalue weighted by molar-refractivity contribution is 5.35. The Morgan fingerprint density at radius 3 is 2.94 bits per heavy atom. The van der Waals surface area contributed by atoms with E-state index in [-0.39, 0.29) is 1.43 Å². The molecule has 3 heterocycles. The van der Waals surface area contributed by atoms with Crippen LogP contribution in [-0.4, -0.2) is 54.2 Å². The van der Waals surface area contributed by atoms with Crippen LogP contribution in [0.5, 0.6) is 0 Å². The van der Waals surface area contributed by atoms with Gasteiger partial charge in [0.05, 0.1) is 37.2 Å². The second kappa shape index (κ2) is 3.90. The number of dihydropyridines is 1. The molecule has 99 valence electrons. The van der Waals surface area contributed by atoms with Crippen molar-refractivity contribution in [2.75, 3.05) is 26.3 Å². The average Bonchev–Trinajstić information content (AvgIpc) is 3.08. The van der Waals surface area contributed by atoms with E-state index in [1.165, 1.54) is 12.1 Å². The molecule has 4 rings (SSSR count). The second-order valence-corrected chi connectivity index (χ2v) is 5.48. The van der Waals surface area contributed by atoms with Crippen LogP contribution in [0.1, 0.15) is 7.85 Å². The van der Waals surface area contributed by atoms with E-state index in [0.29, 0.717) is 12.1 Å². The molecule has 1 saturated carbocycles. The fraction of sp³-hybridized carbons (Fsp3) is 0.615. The summed E-state index contributed by atoms with van der Waals surface area (Å²) < 4.78 is 5.31. The summed E-state index contributed by atoms with van der Waals surface area (Å²) >= 11 is 0. The summed E-state index contributed by atoms with van der Waals surface area (Å²) in [6, 6.07) is 2.05. The van der Waals surface area contributed by atoms with Crippen molar-refractivity contribution in [1.82, 2.24) is 15.1 Å². The highest BCUT2D eigenvalue weighted by Crippen LogP contribution is 2.41. The number of rotatable bonds is 2. The minimum atomic E-state index is 0. The molecule has 18 heavy (non-hydrogen) atoms. The van der Waals surface area contributed by atoms with Crippen molar-refractivity contribution in [3.8, 4) is 0 Å². The molecule has 1 aliphatic carbocycles. The number of nitrogens with one attached hydrogen (secondary N) is 1. The van der Waals surface area contributed by atoms with Crippen molar-refractivity contribution in [1.29, 1.82) is 0 Å². The third-order valence-electron chi connectivity index (χ3n) is 4.42. The lowest BCUT2D eigenvalue weighted by Gasteiger charge is -2.43. The molecular weight excluding hydrogens is 228 g/mol. The van der Waals surface area contributed by atoms with Crippen LogP contribution < -0.4 is 11.1 Å². The van der Waals surface area contributed by atoms with Gasteiger partial charge in [-0.3, -0.25) is 4.90 Å². The first-order valence-corrected chi connectivity index (χ1v) is 6.70. The van der Waals surface area contributed by atoms with Crippen LogP contribution in [-0.2, 0) is 4.74 Å². The quantitative estimate of drug-likeness (QED) is 0.712. The van der Waals surface area contributed by atoms with E-state index in [1.54, 1.807) is 0 Å². The van der Waals surface area contributed by atoms with Crippen molar-refractivity contribution < 1.29 is 6.16 Å². The summed E-state index contributed by atoms with van der Waals surface area (Å²) in [4.78, 5) is 5.11. The molecule has 3 fully saturated rings. The Hall–Kier alpha value is -1.20. The maximum Gasteiger partial charge on any atom is 0.0709 e. The topological polar surface area (TPSA) is 53.8 Å². The van der Waals surface area contributed by atoms with Crippen molar-refractivity contribution in [3.63, 3.8) is 0 Å². The van der Waals surface area contributed by atoms with E-state index in [1.807, 2.05) is 12.7 Å². The van der Waals surface area contributed by atoms with Crippen LogP contribution in [0.3, 0.4) is 0 Å². The monoisotopic (exact) mass is 249 g/mol. The highest BCUT2D eigenvalue weighted by atomic mass is 16.5. The Labute approximate surface area is 109 Å². The number of ether oxygens (including phenoxy) is 1. The van der Waals surface area contributed by atoms with Crippen molar-refractivity contribution in [3.05, 3.63) is 30.2 Å². The van der Waals surface area contributed by atoms with Crippen LogP contribution in [0.15, 0.2) is 23.7 Å². The Kier molecular flexibility index (Phi) is 2.32. The molecule has 0 amide bonds. The van der Waals surface area contributed by atoms with Crippen LogP contribution >= 0.6 is 0 Å². The molecule has 3 aliphatic heterocycles. The maximum atomic E-state index is 6.06. The van der Waals surface area contributed by atoms with E-state index in [9.17, 15) is 0 Å². The Morgan fingerprint density at radius 1 is 1.33 bits per heavy atom. The molecule has 3 N–H and O–H groups in total. The lowest BCUT2D eigenvalue weighted by molar-refractivity contribution is -0.0776. The normalized spacial score (nSPS) is 36.1. The molecule has 0 aromatic carbocycles. The Balaban J connectivity index is 0.00000110. The average molecular weight is 249 g/mol. The molecule has 2 unspecified atom stereocenters. The van der Waals surface area contributed by atoms with Gasteiger partial charge in [0.15, 0.2) is 0 Å². The molecule has 2 atom stereocenters. The van der Waals surface area contributed by atoms with Gasteiger partial charge in [-0.2, -0.15) is 0 Å². The van der Waals surface area contributed by atoms with Gasteiger partial charge in [-0.25, -0.2) is 0 Å².